The van der Waals surface area contributed by atoms with Crippen LogP contribution < -0.4 is 5.32 Å². The Hall–Kier alpha value is -1.66. The monoisotopic (exact) mass is 358 g/mol. The van der Waals surface area contributed by atoms with Crippen molar-refractivity contribution in [3.8, 4) is 0 Å². The first-order chi connectivity index (χ1) is 11.0. The number of rotatable bonds is 6. The molecule has 0 saturated carbocycles. The summed E-state index contributed by atoms with van der Waals surface area (Å²) >= 11 is 0. The molecule has 1 aliphatic heterocycles. The highest BCUT2D eigenvalue weighted by Gasteiger charge is 2.30. The molecule has 0 aliphatic carbocycles. The Bertz CT molecular complexity index is 545. The number of carboxylic acids is 1. The van der Waals surface area contributed by atoms with Crippen LogP contribution in [0.15, 0.2) is 24.3 Å². The zero-order chi connectivity index (χ0) is 16.8. The molecule has 0 spiro atoms. The number of hydrogen-bond acceptors (Lipinski definition) is 3. The van der Waals surface area contributed by atoms with E-state index in [9.17, 15) is 19.1 Å². The third-order valence-electron chi connectivity index (χ3n) is 4.39. The van der Waals surface area contributed by atoms with Crippen LogP contribution in [-0.2, 0) is 16.1 Å². The summed E-state index contributed by atoms with van der Waals surface area (Å²) in [7, 11) is 0. The number of halogens is 2. The summed E-state index contributed by atoms with van der Waals surface area (Å²) in [5.74, 6) is -1.20. The quantitative estimate of drug-likeness (QED) is 0.819. The maximum Gasteiger partial charge on any atom is 0.320 e. The van der Waals surface area contributed by atoms with Crippen molar-refractivity contribution in [1.82, 2.24) is 10.2 Å². The molecule has 0 aromatic heterocycles. The number of amides is 1. The van der Waals surface area contributed by atoms with Crippen LogP contribution in [-0.4, -0.2) is 41.0 Å². The first-order valence-corrected chi connectivity index (χ1v) is 8.00. The highest BCUT2D eigenvalue weighted by atomic mass is 35.5. The fourth-order valence-electron chi connectivity index (χ4n) is 3.00. The number of carboxylic acid groups (broad SMARTS) is 1. The summed E-state index contributed by atoms with van der Waals surface area (Å²) in [6, 6.07) is 5.58. The second-order valence-electron chi connectivity index (χ2n) is 5.92. The number of hydrogen-bond donors (Lipinski definition) is 2. The van der Waals surface area contributed by atoms with Crippen LogP contribution in [0.5, 0.6) is 0 Å². The summed E-state index contributed by atoms with van der Waals surface area (Å²) < 4.78 is 12.8. The molecular weight excluding hydrogens is 335 g/mol. The molecule has 0 bridgehead atoms. The van der Waals surface area contributed by atoms with Crippen molar-refractivity contribution in [1.29, 1.82) is 0 Å². The van der Waals surface area contributed by atoms with Gasteiger partial charge in [0.2, 0.25) is 5.91 Å². The van der Waals surface area contributed by atoms with Crippen LogP contribution >= 0.6 is 12.4 Å². The molecule has 1 heterocycles. The van der Waals surface area contributed by atoms with Gasteiger partial charge in [0.05, 0.1) is 0 Å². The van der Waals surface area contributed by atoms with Crippen LogP contribution in [0.3, 0.4) is 0 Å². The van der Waals surface area contributed by atoms with Crippen molar-refractivity contribution in [2.75, 3.05) is 13.1 Å². The van der Waals surface area contributed by atoms with Gasteiger partial charge in [-0.25, -0.2) is 4.39 Å². The van der Waals surface area contributed by atoms with Gasteiger partial charge in [0.15, 0.2) is 0 Å². The van der Waals surface area contributed by atoms with Gasteiger partial charge in [0.25, 0.3) is 0 Å². The Morgan fingerprint density at radius 2 is 1.88 bits per heavy atom. The number of piperidine rings is 1. The molecule has 1 unspecified atom stereocenters. The van der Waals surface area contributed by atoms with E-state index in [-0.39, 0.29) is 30.0 Å². The molecule has 1 amide bonds. The number of carbonyl (C=O) groups is 2. The Kier molecular flexibility index (Phi) is 8.15. The first kappa shape index (κ1) is 20.4. The van der Waals surface area contributed by atoms with Gasteiger partial charge in [-0.05, 0) is 50.0 Å². The summed E-state index contributed by atoms with van der Waals surface area (Å²) in [5.41, 5.74) is 0.856. The summed E-state index contributed by atoms with van der Waals surface area (Å²) in [6.07, 6.45) is 1.90. The largest absolute Gasteiger partial charge is 0.480 e. The van der Waals surface area contributed by atoms with Crippen molar-refractivity contribution in [2.24, 2.45) is 5.92 Å². The van der Waals surface area contributed by atoms with E-state index in [2.05, 4.69) is 5.32 Å². The summed E-state index contributed by atoms with van der Waals surface area (Å²) in [4.78, 5) is 25.3. The van der Waals surface area contributed by atoms with Crippen LogP contribution in [0, 0.1) is 11.7 Å². The van der Waals surface area contributed by atoms with E-state index in [1.54, 1.807) is 12.1 Å². The lowest BCUT2D eigenvalue weighted by molar-refractivity contribution is -0.144. The van der Waals surface area contributed by atoms with E-state index in [4.69, 9.17) is 0 Å². The maximum absolute atomic E-state index is 12.8. The van der Waals surface area contributed by atoms with Crippen molar-refractivity contribution in [3.63, 3.8) is 0 Å². The second kappa shape index (κ2) is 9.59. The minimum atomic E-state index is -0.799. The zero-order valence-corrected chi connectivity index (χ0v) is 14.5. The maximum atomic E-state index is 12.8. The van der Waals surface area contributed by atoms with E-state index in [1.165, 1.54) is 12.1 Å². The first-order valence-electron chi connectivity index (χ1n) is 8.00. The van der Waals surface area contributed by atoms with Gasteiger partial charge in [-0.3, -0.25) is 14.5 Å². The molecule has 0 radical (unpaired) electrons. The molecule has 1 aliphatic rings. The van der Waals surface area contributed by atoms with E-state index < -0.39 is 12.0 Å². The van der Waals surface area contributed by atoms with Crippen molar-refractivity contribution in [2.45, 2.75) is 38.8 Å². The zero-order valence-electron chi connectivity index (χ0n) is 13.7. The highest BCUT2D eigenvalue weighted by Crippen LogP contribution is 2.20. The molecule has 1 fully saturated rings. The van der Waals surface area contributed by atoms with Crippen molar-refractivity contribution >= 4 is 24.3 Å². The van der Waals surface area contributed by atoms with Gasteiger partial charge >= 0.3 is 5.97 Å². The smallest absolute Gasteiger partial charge is 0.320 e. The van der Waals surface area contributed by atoms with Gasteiger partial charge in [0, 0.05) is 12.5 Å². The normalized spacial score (nSPS) is 16.9. The third-order valence-corrected chi connectivity index (χ3v) is 4.39. The molecule has 5 nitrogen and oxygen atoms in total. The minimum absolute atomic E-state index is 0. The molecular formula is C17H24ClFN2O3. The molecule has 1 aromatic carbocycles. The average Bonchev–Trinajstić information content (AvgIpc) is 2.55. The molecule has 1 aromatic rings. The highest BCUT2D eigenvalue weighted by molar-refractivity contribution is 5.85. The Labute approximate surface area is 147 Å². The topological polar surface area (TPSA) is 69.6 Å². The predicted octanol–water partition coefficient (Wildman–Crippen LogP) is 2.44. The molecule has 1 atom stereocenters. The summed E-state index contributed by atoms with van der Waals surface area (Å²) in [5, 5.41) is 12.1. The number of carbonyl (C=O) groups excluding carboxylic acids is 1. The van der Waals surface area contributed by atoms with Gasteiger partial charge in [-0.1, -0.05) is 19.1 Å². The fraction of sp³-hybridized carbons (Fsp3) is 0.529. The van der Waals surface area contributed by atoms with Gasteiger partial charge < -0.3 is 10.4 Å². The fourth-order valence-corrected chi connectivity index (χ4v) is 3.00. The minimum Gasteiger partial charge on any atom is -0.480 e. The van der Waals surface area contributed by atoms with Crippen LogP contribution in [0.1, 0.15) is 31.7 Å². The molecule has 24 heavy (non-hydrogen) atoms. The molecule has 7 heteroatoms. The lowest BCUT2D eigenvalue weighted by Gasteiger charge is -2.34. The van der Waals surface area contributed by atoms with Crippen molar-refractivity contribution in [3.05, 3.63) is 35.6 Å². The van der Waals surface area contributed by atoms with Crippen LogP contribution in [0.25, 0.3) is 0 Å². The van der Waals surface area contributed by atoms with Crippen molar-refractivity contribution < 1.29 is 19.1 Å². The predicted molar refractivity (Wildman–Crippen MR) is 91.5 cm³/mol. The van der Waals surface area contributed by atoms with Gasteiger partial charge in [-0.15, -0.1) is 12.4 Å². The standard InChI is InChI=1S/C17H23FN2O3.ClH/c1-2-15(17(22)23)20-9-7-13(8-10-20)16(21)19-11-12-3-5-14(18)6-4-12;/h3-6,13,15H,2,7-11H2,1H3,(H,19,21)(H,22,23);1H. The van der Waals surface area contributed by atoms with E-state index in [0.717, 1.165) is 5.56 Å². The van der Waals surface area contributed by atoms with E-state index in [0.29, 0.717) is 38.9 Å². The molecule has 1 saturated heterocycles. The number of benzene rings is 1. The Morgan fingerprint density at radius 3 is 2.38 bits per heavy atom. The Balaban J connectivity index is 0.00000288. The number of nitrogens with zero attached hydrogens (tertiary/aromatic N) is 1. The molecule has 134 valence electrons. The SMILES string of the molecule is CCC(C(=O)O)N1CCC(C(=O)NCc2ccc(F)cc2)CC1.Cl. The van der Waals surface area contributed by atoms with E-state index >= 15 is 0 Å². The molecule has 2 rings (SSSR count). The second-order valence-corrected chi connectivity index (χ2v) is 5.92. The van der Waals surface area contributed by atoms with Crippen LogP contribution in [0.2, 0.25) is 0 Å². The molecule has 2 N–H and O–H groups in total. The van der Waals surface area contributed by atoms with Gasteiger partial charge in [-0.2, -0.15) is 0 Å². The Morgan fingerprint density at radius 1 is 1.29 bits per heavy atom. The van der Waals surface area contributed by atoms with Crippen LogP contribution in [0.4, 0.5) is 4.39 Å². The number of aliphatic carboxylic acids is 1. The summed E-state index contributed by atoms with van der Waals surface area (Å²) in [6.45, 7) is 3.49. The number of nitrogens with one attached hydrogen (secondary N) is 1. The van der Waals surface area contributed by atoms with E-state index in [1.807, 2.05) is 11.8 Å². The van der Waals surface area contributed by atoms with Gasteiger partial charge in [0.1, 0.15) is 11.9 Å². The lowest BCUT2D eigenvalue weighted by Crippen LogP contribution is -2.47. The third kappa shape index (κ3) is 5.46. The number of likely N-dealkylation sites (tertiary alicyclic amines) is 1. The lowest BCUT2D eigenvalue weighted by atomic mass is 9.94. The average molecular weight is 359 g/mol.